The maximum absolute atomic E-state index is 13.0. The Balaban J connectivity index is 0.000000330. The molecule has 2 N–H and O–H groups in total. The molecular weight excluding hydrogens is 405 g/mol. The van der Waals surface area contributed by atoms with Crippen LogP contribution in [0.15, 0.2) is 29.3 Å². The smallest absolute Gasteiger partial charge is 0.414 e. The van der Waals surface area contributed by atoms with Gasteiger partial charge in [0.1, 0.15) is 10.8 Å². The van der Waals surface area contributed by atoms with Gasteiger partial charge in [-0.2, -0.15) is 8.75 Å². The summed E-state index contributed by atoms with van der Waals surface area (Å²) in [4.78, 5) is 20.8. The third kappa shape index (κ3) is 5.27. The van der Waals surface area contributed by atoms with E-state index in [9.17, 15) is 4.39 Å². The number of hydrogen-bond acceptors (Lipinski definition) is 7. The minimum atomic E-state index is -1.82. The van der Waals surface area contributed by atoms with Crippen molar-refractivity contribution in [3.8, 4) is 0 Å². The van der Waals surface area contributed by atoms with Crippen LogP contribution < -0.4 is 0 Å². The Morgan fingerprint density at radius 1 is 1.18 bits per heavy atom. The van der Waals surface area contributed by atoms with Gasteiger partial charge in [-0.25, -0.2) is 14.0 Å². The molecule has 0 spiro atoms. The molecule has 3 atom stereocenters. The summed E-state index contributed by atoms with van der Waals surface area (Å²) in [5.41, 5.74) is 2.32. The topological polar surface area (TPSA) is 104 Å². The molecule has 150 valence electrons. The second-order valence-electron chi connectivity index (χ2n) is 6.75. The largest absolute Gasteiger partial charge is 0.473 e. The second-order valence-corrected chi connectivity index (χ2v) is 8.24. The second kappa shape index (κ2) is 9.44. The SMILES string of the molecule is Fc1ccc(CSc2nsnc2C2CN3CCCC2C3)cc1.O=C(O)C(=O)O. The summed E-state index contributed by atoms with van der Waals surface area (Å²) in [6, 6.07) is 6.72. The molecule has 2 fully saturated rings. The van der Waals surface area contributed by atoms with E-state index in [-0.39, 0.29) is 5.82 Å². The van der Waals surface area contributed by atoms with E-state index in [1.165, 1.54) is 55.5 Å². The summed E-state index contributed by atoms with van der Waals surface area (Å²) < 4.78 is 22.1. The summed E-state index contributed by atoms with van der Waals surface area (Å²) in [7, 11) is 0. The maximum Gasteiger partial charge on any atom is 0.414 e. The van der Waals surface area contributed by atoms with Crippen LogP contribution in [0, 0.1) is 11.7 Å². The van der Waals surface area contributed by atoms with Gasteiger partial charge in [0.2, 0.25) is 0 Å². The number of piperidine rings is 1. The fraction of sp³-hybridized carbons (Fsp3) is 0.444. The molecule has 1 aromatic carbocycles. The van der Waals surface area contributed by atoms with Gasteiger partial charge >= 0.3 is 11.9 Å². The predicted molar refractivity (Wildman–Crippen MR) is 103 cm³/mol. The van der Waals surface area contributed by atoms with Crippen LogP contribution in [-0.2, 0) is 15.3 Å². The minimum Gasteiger partial charge on any atom is -0.473 e. The van der Waals surface area contributed by atoms with Crippen molar-refractivity contribution in [2.24, 2.45) is 5.92 Å². The lowest BCUT2D eigenvalue weighted by Crippen LogP contribution is -2.25. The lowest BCUT2D eigenvalue weighted by atomic mass is 9.89. The van der Waals surface area contributed by atoms with Crippen molar-refractivity contribution in [1.29, 1.82) is 0 Å². The number of carboxylic acid groups (broad SMARTS) is 2. The monoisotopic (exact) mass is 425 g/mol. The summed E-state index contributed by atoms with van der Waals surface area (Å²) in [6.45, 7) is 3.60. The van der Waals surface area contributed by atoms with Gasteiger partial charge < -0.3 is 15.1 Å². The third-order valence-corrected chi connectivity index (χ3v) is 6.58. The standard InChI is InChI=1S/C16H18FN3S2.C2H2O4/c17-13-5-3-11(4-6-13)10-21-16-15(18-22-19-16)14-9-20-7-1-2-12(14)8-20;3-1(4)2(5)6/h3-6,12,14H,1-2,7-10H2;(H,3,4)(H,5,6). The van der Waals surface area contributed by atoms with Crippen molar-refractivity contribution in [3.63, 3.8) is 0 Å². The molecule has 0 saturated carbocycles. The molecule has 28 heavy (non-hydrogen) atoms. The van der Waals surface area contributed by atoms with E-state index in [2.05, 4.69) is 13.6 Å². The van der Waals surface area contributed by atoms with E-state index in [4.69, 9.17) is 19.8 Å². The number of hydrogen-bond donors (Lipinski definition) is 2. The molecule has 2 aromatic rings. The van der Waals surface area contributed by atoms with E-state index in [1.807, 2.05) is 12.1 Å². The fourth-order valence-electron chi connectivity index (χ4n) is 3.57. The van der Waals surface area contributed by atoms with Gasteiger partial charge in [-0.15, -0.1) is 0 Å². The van der Waals surface area contributed by atoms with Gasteiger partial charge in [-0.1, -0.05) is 23.9 Å². The number of carboxylic acids is 2. The molecular formula is C18H20FN3O4S2. The van der Waals surface area contributed by atoms with Crippen molar-refractivity contribution < 1.29 is 24.2 Å². The van der Waals surface area contributed by atoms with Crippen LogP contribution in [0.1, 0.15) is 30.0 Å². The van der Waals surface area contributed by atoms with Gasteiger partial charge in [-0.05, 0) is 43.0 Å². The molecule has 0 aliphatic carbocycles. The van der Waals surface area contributed by atoms with E-state index in [0.29, 0.717) is 5.92 Å². The molecule has 7 nitrogen and oxygen atoms in total. The van der Waals surface area contributed by atoms with Crippen LogP contribution in [0.2, 0.25) is 0 Å². The highest BCUT2D eigenvalue weighted by Crippen LogP contribution is 2.41. The van der Waals surface area contributed by atoms with Crippen molar-refractivity contribution in [3.05, 3.63) is 41.3 Å². The summed E-state index contributed by atoms with van der Waals surface area (Å²) in [6.07, 6.45) is 2.64. The molecule has 1 aromatic heterocycles. The van der Waals surface area contributed by atoms with Crippen LogP contribution in [0.3, 0.4) is 0 Å². The van der Waals surface area contributed by atoms with Gasteiger partial charge in [0, 0.05) is 24.8 Å². The number of halogens is 1. The highest BCUT2D eigenvalue weighted by molar-refractivity contribution is 7.98. The Morgan fingerprint density at radius 3 is 2.54 bits per heavy atom. The average Bonchev–Trinajstić information content (AvgIpc) is 3.25. The zero-order valence-corrected chi connectivity index (χ0v) is 16.6. The number of rotatable bonds is 4. The fourth-order valence-corrected chi connectivity index (χ4v) is 5.30. The summed E-state index contributed by atoms with van der Waals surface area (Å²) in [5, 5.41) is 15.9. The quantitative estimate of drug-likeness (QED) is 0.569. The van der Waals surface area contributed by atoms with E-state index in [1.54, 1.807) is 11.8 Å². The zero-order valence-electron chi connectivity index (χ0n) is 15.0. The van der Waals surface area contributed by atoms with Crippen molar-refractivity contribution >= 4 is 35.4 Å². The van der Waals surface area contributed by atoms with E-state index >= 15 is 0 Å². The number of nitrogens with zero attached hydrogens (tertiary/aromatic N) is 3. The Bertz CT molecular complexity index is 818. The zero-order chi connectivity index (χ0) is 20.1. The Morgan fingerprint density at radius 2 is 1.89 bits per heavy atom. The van der Waals surface area contributed by atoms with E-state index < -0.39 is 11.9 Å². The molecule has 2 bridgehead atoms. The minimum absolute atomic E-state index is 0.183. The highest BCUT2D eigenvalue weighted by Gasteiger charge is 2.38. The molecule has 2 aliphatic rings. The Hall–Kier alpha value is -2.04. The highest BCUT2D eigenvalue weighted by atomic mass is 32.2. The van der Waals surface area contributed by atoms with Crippen molar-refractivity contribution in [1.82, 2.24) is 13.6 Å². The maximum atomic E-state index is 13.0. The molecule has 2 saturated heterocycles. The molecule has 2 aliphatic heterocycles. The van der Waals surface area contributed by atoms with E-state index in [0.717, 1.165) is 28.8 Å². The number of aliphatic carboxylic acids is 2. The van der Waals surface area contributed by atoms with Gasteiger partial charge in [0.15, 0.2) is 0 Å². The summed E-state index contributed by atoms with van der Waals surface area (Å²) >= 11 is 3.05. The van der Waals surface area contributed by atoms with Crippen LogP contribution in [0.5, 0.6) is 0 Å². The van der Waals surface area contributed by atoms with Gasteiger partial charge in [0.25, 0.3) is 0 Å². The van der Waals surface area contributed by atoms with Crippen molar-refractivity contribution in [2.75, 3.05) is 19.6 Å². The van der Waals surface area contributed by atoms with Crippen LogP contribution in [0.4, 0.5) is 4.39 Å². The normalized spacial score (nSPS) is 23.0. The lowest BCUT2D eigenvalue weighted by molar-refractivity contribution is -0.159. The molecule has 0 amide bonds. The molecule has 4 rings (SSSR count). The lowest BCUT2D eigenvalue weighted by Gasteiger charge is -2.21. The van der Waals surface area contributed by atoms with Crippen LogP contribution in [-0.4, -0.2) is 55.4 Å². The van der Waals surface area contributed by atoms with Crippen LogP contribution in [0.25, 0.3) is 0 Å². The molecule has 3 heterocycles. The first-order chi connectivity index (χ1) is 13.4. The average molecular weight is 426 g/mol. The third-order valence-electron chi connectivity index (χ3n) is 4.87. The first kappa shape index (κ1) is 20.7. The molecule has 0 radical (unpaired) electrons. The first-order valence-corrected chi connectivity index (χ1v) is 10.5. The predicted octanol–water partition coefficient (Wildman–Crippen LogP) is 2.93. The molecule has 3 unspecified atom stereocenters. The number of aromatic nitrogens is 2. The van der Waals surface area contributed by atoms with Crippen molar-refractivity contribution in [2.45, 2.75) is 29.5 Å². The van der Waals surface area contributed by atoms with Gasteiger partial charge in [-0.3, -0.25) is 0 Å². The number of benzene rings is 1. The van der Waals surface area contributed by atoms with Crippen LogP contribution >= 0.6 is 23.5 Å². The Labute approximate surface area is 169 Å². The molecule has 10 heteroatoms. The Kier molecular flexibility index (Phi) is 6.97. The number of carbonyl (C=O) groups is 2. The number of fused-ring (bicyclic) bond motifs is 2. The first-order valence-electron chi connectivity index (χ1n) is 8.82. The van der Waals surface area contributed by atoms with Gasteiger partial charge in [0.05, 0.1) is 17.4 Å². The number of thioether (sulfide) groups is 1. The summed E-state index contributed by atoms with van der Waals surface area (Å²) in [5.74, 6) is -1.71.